The van der Waals surface area contributed by atoms with Crippen molar-refractivity contribution >= 4 is 0 Å². The molecule has 1 saturated carbocycles. The molecule has 0 bridgehead atoms. The highest BCUT2D eigenvalue weighted by Gasteiger charge is 2.26. The van der Waals surface area contributed by atoms with Crippen molar-refractivity contribution in [1.82, 2.24) is 10.2 Å². The maximum absolute atomic E-state index is 6.02. The van der Waals surface area contributed by atoms with E-state index < -0.39 is 0 Å². The molecule has 0 N–H and O–H groups in total. The molecule has 0 spiro atoms. The molecule has 0 amide bonds. The smallest absolute Gasteiger partial charge is 0.247 e. The Morgan fingerprint density at radius 1 is 0.926 bits per heavy atom. The van der Waals surface area contributed by atoms with E-state index in [-0.39, 0.29) is 0 Å². The molecule has 27 heavy (non-hydrogen) atoms. The summed E-state index contributed by atoms with van der Waals surface area (Å²) in [5.41, 5.74) is 0.963. The van der Waals surface area contributed by atoms with Gasteiger partial charge in [0.15, 0.2) is 0 Å². The van der Waals surface area contributed by atoms with Gasteiger partial charge in [0.1, 0.15) is 5.75 Å². The van der Waals surface area contributed by atoms with Crippen LogP contribution in [-0.2, 0) is 0 Å². The second-order valence-corrected chi connectivity index (χ2v) is 7.89. The number of unbranched alkanes of at least 4 members (excludes halogenated alkanes) is 3. The van der Waals surface area contributed by atoms with Crippen molar-refractivity contribution in [2.24, 2.45) is 5.92 Å². The molecule has 0 atom stereocenters. The molecular formula is C23H34N2O2. The molecule has 1 fully saturated rings. The standard InChI is InChI=1S/C23H34N2O2/c1-3-5-7-8-18-9-11-19(12-10-18)22-24-25-23(27-22)20-13-15-21(16-14-20)26-17-6-4-2/h13-16,18-19H,3-12,17H2,1-2H3. The van der Waals surface area contributed by atoms with E-state index in [4.69, 9.17) is 9.15 Å². The summed E-state index contributed by atoms with van der Waals surface area (Å²) < 4.78 is 11.7. The van der Waals surface area contributed by atoms with Gasteiger partial charge in [0.05, 0.1) is 6.61 Å². The molecule has 4 heteroatoms. The van der Waals surface area contributed by atoms with Gasteiger partial charge >= 0.3 is 0 Å². The summed E-state index contributed by atoms with van der Waals surface area (Å²) in [6.07, 6.45) is 12.6. The van der Waals surface area contributed by atoms with Crippen LogP contribution in [0.2, 0.25) is 0 Å². The molecule has 3 rings (SSSR count). The van der Waals surface area contributed by atoms with Crippen molar-refractivity contribution in [1.29, 1.82) is 0 Å². The molecule has 1 aliphatic carbocycles. The molecule has 1 aliphatic rings. The highest BCUT2D eigenvalue weighted by Crippen LogP contribution is 2.38. The number of hydrogen-bond acceptors (Lipinski definition) is 4. The largest absolute Gasteiger partial charge is 0.494 e. The fourth-order valence-corrected chi connectivity index (χ4v) is 3.93. The van der Waals surface area contributed by atoms with Gasteiger partial charge in [-0.1, -0.05) is 46.0 Å². The minimum atomic E-state index is 0.435. The van der Waals surface area contributed by atoms with E-state index in [1.54, 1.807) is 0 Å². The van der Waals surface area contributed by atoms with Crippen molar-refractivity contribution < 1.29 is 9.15 Å². The van der Waals surface area contributed by atoms with Crippen LogP contribution in [0.25, 0.3) is 11.5 Å². The Balaban J connectivity index is 1.51. The number of benzene rings is 1. The summed E-state index contributed by atoms with van der Waals surface area (Å²) in [6, 6.07) is 7.97. The molecule has 0 aliphatic heterocycles. The zero-order chi connectivity index (χ0) is 18.9. The average Bonchev–Trinajstić information content (AvgIpc) is 3.20. The van der Waals surface area contributed by atoms with Gasteiger partial charge in [0.25, 0.3) is 0 Å². The zero-order valence-corrected chi connectivity index (χ0v) is 17.0. The SMILES string of the molecule is CCCCCC1CCC(c2nnc(-c3ccc(OCCCC)cc3)o2)CC1. The normalized spacial score (nSPS) is 19.9. The van der Waals surface area contributed by atoms with Crippen molar-refractivity contribution in [2.75, 3.05) is 6.61 Å². The van der Waals surface area contributed by atoms with E-state index >= 15 is 0 Å². The third kappa shape index (κ3) is 5.82. The van der Waals surface area contributed by atoms with Crippen LogP contribution in [0.4, 0.5) is 0 Å². The first-order chi connectivity index (χ1) is 13.3. The Hall–Kier alpha value is -1.84. The molecule has 0 saturated heterocycles. The maximum atomic E-state index is 6.02. The maximum Gasteiger partial charge on any atom is 0.247 e. The molecule has 4 nitrogen and oxygen atoms in total. The summed E-state index contributed by atoms with van der Waals surface area (Å²) in [7, 11) is 0. The number of ether oxygens (including phenoxy) is 1. The molecule has 1 aromatic heterocycles. The van der Waals surface area contributed by atoms with Crippen LogP contribution < -0.4 is 4.74 Å². The Labute approximate surface area is 163 Å². The fourth-order valence-electron chi connectivity index (χ4n) is 3.93. The predicted octanol–water partition coefficient (Wildman–Crippen LogP) is 6.77. The van der Waals surface area contributed by atoms with Gasteiger partial charge in [0.2, 0.25) is 11.8 Å². The third-order valence-electron chi connectivity index (χ3n) is 5.72. The van der Waals surface area contributed by atoms with Crippen LogP contribution in [0.3, 0.4) is 0 Å². The lowest BCUT2D eigenvalue weighted by Gasteiger charge is -2.26. The quantitative estimate of drug-likeness (QED) is 0.433. The monoisotopic (exact) mass is 370 g/mol. The number of nitrogens with zero attached hydrogens (tertiary/aromatic N) is 2. The molecule has 148 valence electrons. The van der Waals surface area contributed by atoms with Crippen LogP contribution >= 0.6 is 0 Å². The molecule has 1 aromatic carbocycles. The van der Waals surface area contributed by atoms with Gasteiger partial charge in [-0.3, -0.25) is 0 Å². The van der Waals surface area contributed by atoms with Crippen LogP contribution in [0.5, 0.6) is 5.75 Å². The first-order valence-corrected chi connectivity index (χ1v) is 10.9. The van der Waals surface area contributed by atoms with E-state index in [1.165, 1.54) is 51.4 Å². The molecule has 1 heterocycles. The third-order valence-corrected chi connectivity index (χ3v) is 5.72. The van der Waals surface area contributed by atoms with Crippen molar-refractivity contribution in [2.45, 2.75) is 84.0 Å². The fraction of sp³-hybridized carbons (Fsp3) is 0.652. The van der Waals surface area contributed by atoms with Crippen LogP contribution in [0.1, 0.15) is 89.9 Å². The number of rotatable bonds is 10. The van der Waals surface area contributed by atoms with E-state index in [2.05, 4.69) is 24.0 Å². The van der Waals surface area contributed by atoms with Gasteiger partial charge in [-0.15, -0.1) is 10.2 Å². The Morgan fingerprint density at radius 3 is 2.37 bits per heavy atom. The molecule has 0 radical (unpaired) electrons. The van der Waals surface area contributed by atoms with Crippen LogP contribution in [0, 0.1) is 5.92 Å². The Morgan fingerprint density at radius 2 is 1.67 bits per heavy atom. The van der Waals surface area contributed by atoms with Gasteiger partial charge in [-0.05, 0) is 62.3 Å². The summed E-state index contributed by atoms with van der Waals surface area (Å²) in [5, 5.41) is 8.64. The average molecular weight is 371 g/mol. The van der Waals surface area contributed by atoms with Gasteiger partial charge < -0.3 is 9.15 Å². The van der Waals surface area contributed by atoms with E-state index in [9.17, 15) is 0 Å². The van der Waals surface area contributed by atoms with Crippen molar-refractivity contribution in [3.8, 4) is 17.2 Å². The van der Waals surface area contributed by atoms with Gasteiger partial charge in [0, 0.05) is 11.5 Å². The van der Waals surface area contributed by atoms with Gasteiger partial charge in [-0.2, -0.15) is 0 Å². The lowest BCUT2D eigenvalue weighted by atomic mass is 9.80. The molecular weight excluding hydrogens is 336 g/mol. The van der Waals surface area contributed by atoms with Crippen LogP contribution in [-0.4, -0.2) is 16.8 Å². The number of hydrogen-bond donors (Lipinski definition) is 0. The number of aromatic nitrogens is 2. The molecule has 0 unspecified atom stereocenters. The topological polar surface area (TPSA) is 48.2 Å². The summed E-state index contributed by atoms with van der Waals surface area (Å²) >= 11 is 0. The van der Waals surface area contributed by atoms with E-state index in [0.717, 1.165) is 42.6 Å². The van der Waals surface area contributed by atoms with E-state index in [1.807, 2.05) is 24.3 Å². The molecule has 2 aromatic rings. The van der Waals surface area contributed by atoms with Crippen molar-refractivity contribution in [3.05, 3.63) is 30.2 Å². The minimum Gasteiger partial charge on any atom is -0.494 e. The Bertz CT molecular complexity index is 657. The lowest BCUT2D eigenvalue weighted by Crippen LogP contribution is -2.13. The van der Waals surface area contributed by atoms with Crippen molar-refractivity contribution in [3.63, 3.8) is 0 Å². The first-order valence-electron chi connectivity index (χ1n) is 10.9. The highest BCUT2D eigenvalue weighted by atomic mass is 16.5. The summed E-state index contributed by atoms with van der Waals surface area (Å²) in [6.45, 7) is 5.21. The first kappa shape index (κ1) is 19.9. The van der Waals surface area contributed by atoms with E-state index in [0.29, 0.717) is 11.8 Å². The van der Waals surface area contributed by atoms with Crippen LogP contribution in [0.15, 0.2) is 28.7 Å². The Kier molecular flexibility index (Phi) is 7.73. The lowest BCUT2D eigenvalue weighted by molar-refractivity contribution is 0.277. The summed E-state index contributed by atoms with van der Waals surface area (Å²) in [4.78, 5) is 0. The predicted molar refractivity (Wildman–Crippen MR) is 109 cm³/mol. The second kappa shape index (κ2) is 10.5. The highest BCUT2D eigenvalue weighted by molar-refractivity contribution is 5.54. The summed E-state index contributed by atoms with van der Waals surface area (Å²) in [5.74, 6) is 3.67. The zero-order valence-electron chi connectivity index (χ0n) is 17.0. The second-order valence-electron chi connectivity index (χ2n) is 7.89. The van der Waals surface area contributed by atoms with Gasteiger partial charge in [-0.25, -0.2) is 0 Å². The minimum absolute atomic E-state index is 0.435.